The summed E-state index contributed by atoms with van der Waals surface area (Å²) in [6.07, 6.45) is -0.0208. The fourth-order valence-electron chi connectivity index (χ4n) is 3.33. The van der Waals surface area contributed by atoms with E-state index in [2.05, 4.69) is 4.72 Å². The molecule has 0 bridgehead atoms. The van der Waals surface area contributed by atoms with E-state index >= 15 is 0 Å². The normalized spacial score (nSPS) is 18.2. The number of sulfonamides is 1. The maximum absolute atomic E-state index is 12.6. The number of likely N-dealkylation sites (tertiary alicyclic amines) is 1. The minimum absolute atomic E-state index is 0.0208. The molecule has 1 saturated heterocycles. The lowest BCUT2D eigenvalue weighted by Gasteiger charge is -2.25. The molecule has 6 nitrogen and oxygen atoms in total. The van der Waals surface area contributed by atoms with Gasteiger partial charge in [-0.05, 0) is 37.1 Å². The van der Waals surface area contributed by atoms with Gasteiger partial charge < -0.3 is 4.90 Å². The predicted molar refractivity (Wildman–Crippen MR) is 106 cm³/mol. The average molecular weight is 421 g/mol. The van der Waals surface area contributed by atoms with Crippen LogP contribution < -0.4 is 4.72 Å². The second kappa shape index (κ2) is 7.93. The van der Waals surface area contributed by atoms with Crippen molar-refractivity contribution >= 4 is 33.4 Å². The van der Waals surface area contributed by atoms with E-state index in [1.807, 2.05) is 37.3 Å². The van der Waals surface area contributed by atoms with Crippen molar-refractivity contribution in [2.45, 2.75) is 31.2 Å². The fourth-order valence-corrected chi connectivity index (χ4v) is 4.88. The van der Waals surface area contributed by atoms with Crippen molar-refractivity contribution in [2.24, 2.45) is 5.92 Å². The van der Waals surface area contributed by atoms with Gasteiger partial charge >= 0.3 is 0 Å². The molecule has 0 aromatic heterocycles. The Labute approximate surface area is 169 Å². The molecule has 3 rings (SSSR count). The van der Waals surface area contributed by atoms with Gasteiger partial charge in [0.15, 0.2) is 0 Å². The molecule has 2 unspecified atom stereocenters. The summed E-state index contributed by atoms with van der Waals surface area (Å²) in [5.41, 5.74) is 1.44. The summed E-state index contributed by atoms with van der Waals surface area (Å²) in [4.78, 5) is 26.6. The predicted octanol–water partition coefficient (Wildman–Crippen LogP) is 3.06. The van der Waals surface area contributed by atoms with Crippen LogP contribution in [0.15, 0.2) is 53.4 Å². The molecule has 2 amide bonds. The van der Waals surface area contributed by atoms with Gasteiger partial charge in [-0.25, -0.2) is 13.1 Å². The van der Waals surface area contributed by atoms with Crippen molar-refractivity contribution in [1.29, 1.82) is 0 Å². The van der Waals surface area contributed by atoms with Gasteiger partial charge in [0, 0.05) is 18.0 Å². The van der Waals surface area contributed by atoms with E-state index in [1.165, 1.54) is 6.07 Å². The van der Waals surface area contributed by atoms with Gasteiger partial charge in [-0.1, -0.05) is 48.0 Å². The Hall–Kier alpha value is -2.38. The second-order valence-electron chi connectivity index (χ2n) is 6.91. The first-order valence-corrected chi connectivity index (χ1v) is 10.7. The SMILES string of the molecule is Cc1ccc(Cl)cc1S(=O)(=O)NC(=O)C1CC(=O)N(C(C)c2ccccc2)C1. The number of aryl methyl sites for hydroxylation is 1. The molecule has 2 aromatic rings. The van der Waals surface area contributed by atoms with Gasteiger partial charge in [-0.3, -0.25) is 9.59 Å². The number of nitrogens with one attached hydrogen (secondary N) is 1. The van der Waals surface area contributed by atoms with E-state index in [9.17, 15) is 18.0 Å². The molecule has 28 heavy (non-hydrogen) atoms. The highest BCUT2D eigenvalue weighted by atomic mass is 35.5. The van der Waals surface area contributed by atoms with Crippen LogP contribution in [-0.4, -0.2) is 31.7 Å². The number of carbonyl (C=O) groups is 2. The van der Waals surface area contributed by atoms with Crippen molar-refractivity contribution in [3.05, 3.63) is 64.7 Å². The van der Waals surface area contributed by atoms with Crippen LogP contribution in [0.2, 0.25) is 5.02 Å². The summed E-state index contributed by atoms with van der Waals surface area (Å²) < 4.78 is 27.3. The van der Waals surface area contributed by atoms with Crippen molar-refractivity contribution in [3.8, 4) is 0 Å². The van der Waals surface area contributed by atoms with Gasteiger partial charge in [-0.15, -0.1) is 0 Å². The summed E-state index contributed by atoms with van der Waals surface area (Å²) in [5, 5.41) is 0.261. The monoisotopic (exact) mass is 420 g/mol. The van der Waals surface area contributed by atoms with Crippen LogP contribution in [0.1, 0.15) is 30.5 Å². The molecule has 2 aromatic carbocycles. The van der Waals surface area contributed by atoms with E-state index in [0.29, 0.717) is 5.56 Å². The summed E-state index contributed by atoms with van der Waals surface area (Å²) in [5.74, 6) is -1.59. The van der Waals surface area contributed by atoms with Crippen LogP contribution in [0.3, 0.4) is 0 Å². The van der Waals surface area contributed by atoms with Crippen LogP contribution in [-0.2, 0) is 19.6 Å². The first-order chi connectivity index (χ1) is 13.2. The van der Waals surface area contributed by atoms with Gasteiger partial charge in [0.25, 0.3) is 10.0 Å². The zero-order chi connectivity index (χ0) is 20.5. The number of benzene rings is 2. The number of carbonyl (C=O) groups excluding carboxylic acids is 2. The highest BCUT2D eigenvalue weighted by Gasteiger charge is 2.38. The molecule has 0 radical (unpaired) electrons. The second-order valence-corrected chi connectivity index (χ2v) is 9.00. The van der Waals surface area contributed by atoms with Crippen LogP contribution in [0.5, 0.6) is 0 Å². The maximum atomic E-state index is 12.6. The molecule has 0 saturated carbocycles. The Morgan fingerprint density at radius 2 is 1.89 bits per heavy atom. The molecule has 1 aliphatic heterocycles. The van der Waals surface area contributed by atoms with Gasteiger partial charge in [0.2, 0.25) is 11.8 Å². The van der Waals surface area contributed by atoms with E-state index < -0.39 is 21.8 Å². The minimum Gasteiger partial charge on any atom is -0.335 e. The molecule has 1 fully saturated rings. The zero-order valence-electron chi connectivity index (χ0n) is 15.6. The van der Waals surface area contributed by atoms with E-state index in [4.69, 9.17) is 11.6 Å². The summed E-state index contributed by atoms with van der Waals surface area (Å²) in [6, 6.07) is 13.7. The smallest absolute Gasteiger partial charge is 0.264 e. The fraction of sp³-hybridized carbons (Fsp3) is 0.300. The standard InChI is InChI=1S/C20H21ClN2O4S/c1-13-8-9-17(21)11-18(13)28(26,27)22-20(25)16-10-19(24)23(12-16)14(2)15-6-4-3-5-7-15/h3-9,11,14,16H,10,12H2,1-2H3,(H,22,25). The Bertz CT molecular complexity index is 1010. The van der Waals surface area contributed by atoms with E-state index in [0.717, 1.165) is 5.56 Å². The molecule has 8 heteroatoms. The maximum Gasteiger partial charge on any atom is 0.264 e. The lowest BCUT2D eigenvalue weighted by molar-refractivity contribution is -0.130. The van der Waals surface area contributed by atoms with Crippen molar-refractivity contribution in [2.75, 3.05) is 6.54 Å². The third-order valence-corrected chi connectivity index (χ3v) is 6.68. The summed E-state index contributed by atoms with van der Waals surface area (Å²) in [7, 11) is -4.07. The molecule has 1 aliphatic rings. The van der Waals surface area contributed by atoms with Crippen LogP contribution in [0.4, 0.5) is 0 Å². The Balaban J connectivity index is 1.73. The third-order valence-electron chi connectivity index (χ3n) is 4.95. The molecule has 1 N–H and O–H groups in total. The van der Waals surface area contributed by atoms with Gasteiger partial charge in [0.05, 0.1) is 16.9 Å². The largest absolute Gasteiger partial charge is 0.335 e. The number of amides is 2. The first-order valence-electron chi connectivity index (χ1n) is 8.86. The highest BCUT2D eigenvalue weighted by Crippen LogP contribution is 2.29. The molecule has 0 aliphatic carbocycles. The van der Waals surface area contributed by atoms with E-state index in [1.54, 1.807) is 24.0 Å². The number of hydrogen-bond acceptors (Lipinski definition) is 4. The average Bonchev–Trinajstić information content (AvgIpc) is 3.05. The number of rotatable bonds is 5. The quantitative estimate of drug-likeness (QED) is 0.805. The molecule has 148 valence electrons. The van der Waals surface area contributed by atoms with Crippen molar-refractivity contribution in [1.82, 2.24) is 9.62 Å². The van der Waals surface area contributed by atoms with Gasteiger partial charge in [0.1, 0.15) is 0 Å². The Morgan fingerprint density at radius 3 is 2.57 bits per heavy atom. The van der Waals surface area contributed by atoms with Crippen molar-refractivity contribution < 1.29 is 18.0 Å². The lowest BCUT2D eigenvalue weighted by atomic mass is 10.1. The molecular formula is C20H21ClN2O4S. The first kappa shape index (κ1) is 20.4. The number of nitrogens with zero attached hydrogens (tertiary/aromatic N) is 1. The summed E-state index contributed by atoms with van der Waals surface area (Å²) >= 11 is 5.89. The third kappa shape index (κ3) is 4.20. The minimum atomic E-state index is -4.07. The van der Waals surface area contributed by atoms with E-state index in [-0.39, 0.29) is 34.8 Å². The number of hydrogen-bond donors (Lipinski definition) is 1. The van der Waals surface area contributed by atoms with Crippen LogP contribution in [0, 0.1) is 12.8 Å². The molecular weight excluding hydrogens is 400 g/mol. The van der Waals surface area contributed by atoms with Gasteiger partial charge in [-0.2, -0.15) is 0 Å². The highest BCUT2D eigenvalue weighted by molar-refractivity contribution is 7.90. The molecule has 1 heterocycles. The van der Waals surface area contributed by atoms with Crippen LogP contribution >= 0.6 is 11.6 Å². The van der Waals surface area contributed by atoms with Crippen molar-refractivity contribution in [3.63, 3.8) is 0 Å². The van der Waals surface area contributed by atoms with Crippen LogP contribution in [0.25, 0.3) is 0 Å². The lowest BCUT2D eigenvalue weighted by Crippen LogP contribution is -2.37. The molecule has 2 atom stereocenters. The Kier molecular flexibility index (Phi) is 5.76. The number of halogens is 1. The summed E-state index contributed by atoms with van der Waals surface area (Å²) in [6.45, 7) is 3.68. The molecule has 0 spiro atoms. The zero-order valence-corrected chi connectivity index (χ0v) is 17.1. The topological polar surface area (TPSA) is 83.5 Å². The Morgan fingerprint density at radius 1 is 1.21 bits per heavy atom.